The van der Waals surface area contributed by atoms with Gasteiger partial charge in [-0.05, 0) is 12.8 Å². The lowest BCUT2D eigenvalue weighted by atomic mass is 9.79. The van der Waals surface area contributed by atoms with Gasteiger partial charge in [-0.3, -0.25) is 0 Å². The van der Waals surface area contributed by atoms with E-state index in [9.17, 15) is 0 Å². The summed E-state index contributed by atoms with van der Waals surface area (Å²) in [5.41, 5.74) is 0.196. The van der Waals surface area contributed by atoms with Crippen LogP contribution >= 0.6 is 0 Å². The highest BCUT2D eigenvalue weighted by molar-refractivity contribution is 5.07. The Morgan fingerprint density at radius 1 is 1.29 bits per heavy atom. The molecule has 0 bridgehead atoms. The van der Waals surface area contributed by atoms with Crippen molar-refractivity contribution in [3.05, 3.63) is 18.4 Å². The fourth-order valence-electron chi connectivity index (χ4n) is 2.00. The molecule has 2 nitrogen and oxygen atoms in total. The van der Waals surface area contributed by atoms with Crippen LogP contribution in [0.4, 0.5) is 0 Å². The zero-order valence-corrected chi connectivity index (χ0v) is 9.55. The molecule has 1 aromatic heterocycles. The van der Waals surface area contributed by atoms with Gasteiger partial charge in [0.1, 0.15) is 5.76 Å². The largest absolute Gasteiger partial charge is 0.448 e. The number of hydrogen-bond donors (Lipinski definition) is 0. The minimum Gasteiger partial charge on any atom is -0.448 e. The molecule has 1 heterocycles. The van der Waals surface area contributed by atoms with Crippen molar-refractivity contribution in [1.82, 2.24) is 4.98 Å². The lowest BCUT2D eigenvalue weighted by Gasteiger charge is -2.26. The van der Waals surface area contributed by atoms with E-state index >= 15 is 0 Å². The summed E-state index contributed by atoms with van der Waals surface area (Å²) in [6, 6.07) is 0. The first-order chi connectivity index (χ1) is 6.73. The molecule has 1 rings (SSSR count). The highest BCUT2D eigenvalue weighted by atomic mass is 16.3. The van der Waals surface area contributed by atoms with E-state index in [0.29, 0.717) is 0 Å². The Labute approximate surface area is 86.7 Å². The smallest absolute Gasteiger partial charge is 0.180 e. The Balaban J connectivity index is 2.70. The van der Waals surface area contributed by atoms with Crippen LogP contribution in [0.5, 0.6) is 0 Å². The molecule has 0 aliphatic carbocycles. The topological polar surface area (TPSA) is 26.0 Å². The first-order valence-electron chi connectivity index (χ1n) is 5.62. The number of nitrogens with zero attached hydrogens (tertiary/aromatic N) is 1. The van der Waals surface area contributed by atoms with Crippen LogP contribution in [-0.2, 0) is 5.41 Å². The molecule has 0 N–H and O–H groups in total. The van der Waals surface area contributed by atoms with Gasteiger partial charge in [0, 0.05) is 5.41 Å². The van der Waals surface area contributed by atoms with Crippen molar-refractivity contribution in [2.45, 2.75) is 58.3 Å². The predicted molar refractivity (Wildman–Crippen MR) is 58.3 cm³/mol. The number of hydrogen-bond acceptors (Lipinski definition) is 2. The molecule has 2 heteroatoms. The predicted octanol–water partition coefficient (Wildman–Crippen LogP) is 3.92. The summed E-state index contributed by atoms with van der Waals surface area (Å²) >= 11 is 0. The van der Waals surface area contributed by atoms with Crippen LogP contribution in [-0.4, -0.2) is 4.98 Å². The second-order valence-electron chi connectivity index (χ2n) is 4.28. The van der Waals surface area contributed by atoms with Crippen LogP contribution in [0, 0.1) is 0 Å². The summed E-state index contributed by atoms with van der Waals surface area (Å²) in [5.74, 6) is 1.05. The highest BCUT2D eigenvalue weighted by Gasteiger charge is 2.28. The number of unbranched alkanes of at least 4 members (excludes halogenated alkanes) is 1. The summed E-state index contributed by atoms with van der Waals surface area (Å²) < 4.78 is 5.44. The van der Waals surface area contributed by atoms with Crippen molar-refractivity contribution < 1.29 is 4.42 Å². The molecule has 1 unspecified atom stereocenters. The first kappa shape index (κ1) is 11.3. The van der Waals surface area contributed by atoms with E-state index in [4.69, 9.17) is 4.42 Å². The zero-order valence-electron chi connectivity index (χ0n) is 9.55. The monoisotopic (exact) mass is 195 g/mol. The third-order valence-corrected chi connectivity index (χ3v) is 2.91. The number of aromatic nitrogens is 1. The quantitative estimate of drug-likeness (QED) is 0.687. The van der Waals surface area contributed by atoms with E-state index in [-0.39, 0.29) is 5.41 Å². The van der Waals surface area contributed by atoms with Crippen LogP contribution in [0.2, 0.25) is 0 Å². The van der Waals surface area contributed by atoms with Crippen molar-refractivity contribution in [1.29, 1.82) is 0 Å². The minimum absolute atomic E-state index is 0.196. The van der Waals surface area contributed by atoms with Crippen molar-refractivity contribution in [3.63, 3.8) is 0 Å². The van der Waals surface area contributed by atoms with Crippen LogP contribution in [0.3, 0.4) is 0 Å². The second kappa shape index (κ2) is 5.18. The molecule has 0 radical (unpaired) electrons. The van der Waals surface area contributed by atoms with E-state index < -0.39 is 0 Å². The molecule has 1 atom stereocenters. The van der Waals surface area contributed by atoms with Gasteiger partial charge in [-0.25, -0.2) is 4.98 Å². The normalized spacial score (nSPS) is 15.4. The zero-order chi connectivity index (χ0) is 10.4. The average Bonchev–Trinajstić information content (AvgIpc) is 2.68. The molecule has 0 saturated heterocycles. The SMILES string of the molecule is CCCCC(C)(CCC)c1cnco1. The molecular formula is C12H21NO. The fraction of sp³-hybridized carbons (Fsp3) is 0.750. The van der Waals surface area contributed by atoms with E-state index in [2.05, 4.69) is 25.8 Å². The van der Waals surface area contributed by atoms with Crippen molar-refractivity contribution in [2.75, 3.05) is 0 Å². The van der Waals surface area contributed by atoms with Crippen LogP contribution in [0.1, 0.15) is 58.6 Å². The van der Waals surface area contributed by atoms with Crippen molar-refractivity contribution in [3.8, 4) is 0 Å². The maximum absolute atomic E-state index is 5.44. The molecule has 0 saturated carbocycles. The van der Waals surface area contributed by atoms with Gasteiger partial charge < -0.3 is 4.42 Å². The van der Waals surface area contributed by atoms with Crippen LogP contribution in [0.25, 0.3) is 0 Å². The van der Waals surface area contributed by atoms with Crippen molar-refractivity contribution >= 4 is 0 Å². The third-order valence-electron chi connectivity index (χ3n) is 2.91. The van der Waals surface area contributed by atoms with Gasteiger partial charge in [0.05, 0.1) is 6.20 Å². The van der Waals surface area contributed by atoms with Crippen LogP contribution in [0.15, 0.2) is 17.0 Å². The van der Waals surface area contributed by atoms with Gasteiger partial charge in [0.15, 0.2) is 6.39 Å². The van der Waals surface area contributed by atoms with Gasteiger partial charge in [-0.15, -0.1) is 0 Å². The summed E-state index contributed by atoms with van der Waals surface area (Å²) in [6.07, 6.45) is 9.49. The van der Waals surface area contributed by atoms with Gasteiger partial charge >= 0.3 is 0 Å². The Bertz CT molecular complexity index is 243. The molecule has 0 aromatic carbocycles. The maximum Gasteiger partial charge on any atom is 0.180 e. The van der Waals surface area contributed by atoms with E-state index in [1.807, 2.05) is 6.20 Å². The van der Waals surface area contributed by atoms with Gasteiger partial charge in [0.25, 0.3) is 0 Å². The van der Waals surface area contributed by atoms with Crippen LogP contribution < -0.4 is 0 Å². The standard InChI is InChI=1S/C12H21NO/c1-4-6-8-12(3,7-5-2)11-9-13-10-14-11/h9-10H,4-8H2,1-3H3. The molecule has 14 heavy (non-hydrogen) atoms. The molecule has 0 spiro atoms. The first-order valence-corrected chi connectivity index (χ1v) is 5.62. The molecular weight excluding hydrogens is 174 g/mol. The molecule has 0 aliphatic rings. The Hall–Kier alpha value is -0.790. The Morgan fingerprint density at radius 2 is 2.07 bits per heavy atom. The van der Waals surface area contributed by atoms with Gasteiger partial charge in [-0.1, -0.05) is 40.0 Å². The van der Waals surface area contributed by atoms with Gasteiger partial charge in [-0.2, -0.15) is 0 Å². The molecule has 0 aliphatic heterocycles. The number of oxazole rings is 1. The summed E-state index contributed by atoms with van der Waals surface area (Å²) in [4.78, 5) is 4.01. The van der Waals surface area contributed by atoms with Gasteiger partial charge in [0.2, 0.25) is 0 Å². The lowest BCUT2D eigenvalue weighted by Crippen LogP contribution is -2.20. The molecule has 80 valence electrons. The average molecular weight is 195 g/mol. The maximum atomic E-state index is 5.44. The van der Waals surface area contributed by atoms with Crippen molar-refractivity contribution in [2.24, 2.45) is 0 Å². The Morgan fingerprint density at radius 3 is 2.57 bits per heavy atom. The fourth-order valence-corrected chi connectivity index (χ4v) is 2.00. The Kier molecular flexibility index (Phi) is 4.18. The van der Waals surface area contributed by atoms with E-state index in [1.54, 1.807) is 0 Å². The lowest BCUT2D eigenvalue weighted by molar-refractivity contribution is 0.308. The molecule has 0 fully saturated rings. The molecule has 0 amide bonds. The minimum atomic E-state index is 0.196. The number of rotatable bonds is 6. The van der Waals surface area contributed by atoms with E-state index in [1.165, 1.54) is 38.5 Å². The summed E-state index contributed by atoms with van der Waals surface area (Å²) in [5, 5.41) is 0. The summed E-state index contributed by atoms with van der Waals surface area (Å²) in [7, 11) is 0. The molecule has 1 aromatic rings. The highest BCUT2D eigenvalue weighted by Crippen LogP contribution is 2.33. The van der Waals surface area contributed by atoms with E-state index in [0.717, 1.165) is 5.76 Å². The summed E-state index contributed by atoms with van der Waals surface area (Å²) in [6.45, 7) is 6.74. The third kappa shape index (κ3) is 2.60. The second-order valence-corrected chi connectivity index (χ2v) is 4.28.